The van der Waals surface area contributed by atoms with Gasteiger partial charge in [-0.15, -0.1) is 0 Å². The largest absolute Gasteiger partial charge is 0.439 e. The molecule has 7 nitrogen and oxygen atoms in total. The Hall–Kier alpha value is -2.05. The van der Waals surface area contributed by atoms with Gasteiger partial charge in [0.25, 0.3) is 0 Å². The van der Waals surface area contributed by atoms with Crippen LogP contribution in [0.5, 0.6) is 0 Å². The van der Waals surface area contributed by atoms with Gasteiger partial charge in [-0.2, -0.15) is 4.98 Å². The fourth-order valence-corrected chi connectivity index (χ4v) is 3.50. The number of hydrogen-bond acceptors (Lipinski definition) is 6. The topological polar surface area (TPSA) is 84.6 Å². The number of nitrogen functional groups attached to an aromatic ring is 1. The monoisotopic (exact) mass is 305 g/mol. The Labute approximate surface area is 130 Å². The van der Waals surface area contributed by atoms with Crippen molar-refractivity contribution < 1.29 is 9.53 Å². The minimum Gasteiger partial charge on any atom is -0.439 e. The van der Waals surface area contributed by atoms with Crippen LogP contribution >= 0.6 is 0 Å². The third-order valence-electron chi connectivity index (χ3n) is 4.55. The number of hydrogen-bond donors (Lipinski definition) is 1. The van der Waals surface area contributed by atoms with E-state index in [2.05, 4.69) is 21.8 Å². The molecule has 22 heavy (non-hydrogen) atoms. The fourth-order valence-electron chi connectivity index (χ4n) is 3.50. The molecule has 2 aliphatic rings. The summed E-state index contributed by atoms with van der Waals surface area (Å²) in [6.07, 6.45) is 2.43. The van der Waals surface area contributed by atoms with Crippen LogP contribution in [0.4, 0.5) is 16.6 Å². The molecule has 1 atom stereocenters. The molecule has 1 amide bonds. The number of aryl methyl sites for hydroxylation is 1. The molecule has 0 saturated carbocycles. The Kier molecular flexibility index (Phi) is 3.58. The SMILES string of the molecule is CCc1nc(N)nc(N2CCC[C@]3(CN(C)C(=O)O3)C2)c1C. The maximum Gasteiger partial charge on any atom is 0.410 e. The van der Waals surface area contributed by atoms with E-state index in [-0.39, 0.29) is 6.09 Å². The molecule has 1 aromatic rings. The molecule has 2 N–H and O–H groups in total. The van der Waals surface area contributed by atoms with Gasteiger partial charge in [0.1, 0.15) is 11.4 Å². The van der Waals surface area contributed by atoms with Gasteiger partial charge in [-0.05, 0) is 26.2 Å². The van der Waals surface area contributed by atoms with Crippen molar-refractivity contribution in [3.05, 3.63) is 11.3 Å². The summed E-state index contributed by atoms with van der Waals surface area (Å²) in [5, 5.41) is 0. The molecule has 1 spiro atoms. The van der Waals surface area contributed by atoms with E-state index in [1.165, 1.54) is 0 Å². The minimum atomic E-state index is -0.428. The van der Waals surface area contributed by atoms with Crippen molar-refractivity contribution in [1.29, 1.82) is 0 Å². The standard InChI is InChI=1S/C15H23N5O2/c1-4-11-10(2)12(18-13(16)17-11)20-7-5-6-15(9-20)8-19(3)14(21)22-15/h4-9H2,1-3H3,(H2,16,17,18)/t15-/m0/s1. The zero-order valence-electron chi connectivity index (χ0n) is 13.4. The van der Waals surface area contributed by atoms with Crippen LogP contribution < -0.4 is 10.6 Å². The number of ether oxygens (including phenoxy) is 1. The van der Waals surface area contributed by atoms with Gasteiger partial charge in [0.05, 0.1) is 18.8 Å². The molecule has 3 heterocycles. The van der Waals surface area contributed by atoms with Gasteiger partial charge in [0.15, 0.2) is 0 Å². The van der Waals surface area contributed by atoms with Crippen LogP contribution in [0.1, 0.15) is 31.0 Å². The Morgan fingerprint density at radius 2 is 2.14 bits per heavy atom. The Balaban J connectivity index is 1.90. The summed E-state index contributed by atoms with van der Waals surface area (Å²) in [6.45, 7) is 6.27. The van der Waals surface area contributed by atoms with Gasteiger partial charge in [0, 0.05) is 19.2 Å². The maximum atomic E-state index is 11.8. The first-order valence-electron chi connectivity index (χ1n) is 7.76. The van der Waals surface area contributed by atoms with Crippen LogP contribution in [0.25, 0.3) is 0 Å². The zero-order valence-corrected chi connectivity index (χ0v) is 13.4. The lowest BCUT2D eigenvalue weighted by atomic mass is 9.92. The molecule has 2 fully saturated rings. The van der Waals surface area contributed by atoms with E-state index >= 15 is 0 Å². The Morgan fingerprint density at radius 3 is 2.77 bits per heavy atom. The number of aromatic nitrogens is 2. The molecule has 0 bridgehead atoms. The van der Waals surface area contributed by atoms with Crippen LogP contribution in [0.2, 0.25) is 0 Å². The first-order chi connectivity index (χ1) is 10.4. The third kappa shape index (κ3) is 2.44. The number of nitrogens with zero attached hydrogens (tertiary/aromatic N) is 4. The Bertz CT molecular complexity index is 606. The average molecular weight is 305 g/mol. The van der Waals surface area contributed by atoms with Crippen LogP contribution in [-0.4, -0.2) is 53.2 Å². The van der Waals surface area contributed by atoms with Gasteiger partial charge in [0.2, 0.25) is 5.95 Å². The quantitative estimate of drug-likeness (QED) is 0.888. The van der Waals surface area contributed by atoms with Crippen molar-refractivity contribution in [3.8, 4) is 0 Å². The van der Waals surface area contributed by atoms with Gasteiger partial charge < -0.3 is 20.3 Å². The highest BCUT2D eigenvalue weighted by Crippen LogP contribution is 2.34. The maximum absolute atomic E-state index is 11.8. The minimum absolute atomic E-state index is 0.241. The highest BCUT2D eigenvalue weighted by atomic mass is 16.6. The Morgan fingerprint density at radius 1 is 1.36 bits per heavy atom. The van der Waals surface area contributed by atoms with Gasteiger partial charge in [-0.3, -0.25) is 0 Å². The normalized spacial score (nSPS) is 25.0. The molecule has 0 radical (unpaired) electrons. The van der Waals surface area contributed by atoms with Crippen molar-refractivity contribution in [2.45, 2.75) is 38.7 Å². The molecule has 0 aromatic carbocycles. The molecule has 1 aromatic heterocycles. The molecule has 2 aliphatic heterocycles. The molecule has 120 valence electrons. The predicted octanol–water partition coefficient (Wildman–Crippen LogP) is 1.35. The van der Waals surface area contributed by atoms with Crippen molar-refractivity contribution in [2.75, 3.05) is 37.3 Å². The van der Waals surface area contributed by atoms with Crippen LogP contribution in [0.3, 0.4) is 0 Å². The zero-order chi connectivity index (χ0) is 15.9. The summed E-state index contributed by atoms with van der Waals surface area (Å²) < 4.78 is 5.65. The lowest BCUT2D eigenvalue weighted by molar-refractivity contribution is 0.0445. The summed E-state index contributed by atoms with van der Waals surface area (Å²) in [5.41, 5.74) is 7.47. The molecule has 0 aliphatic carbocycles. The number of carbonyl (C=O) groups excluding carboxylic acids is 1. The summed E-state index contributed by atoms with van der Waals surface area (Å²) >= 11 is 0. The van der Waals surface area contributed by atoms with Crippen molar-refractivity contribution in [1.82, 2.24) is 14.9 Å². The molecule has 2 saturated heterocycles. The highest BCUT2D eigenvalue weighted by Gasteiger charge is 2.47. The average Bonchev–Trinajstić information content (AvgIpc) is 2.75. The van der Waals surface area contributed by atoms with E-state index in [0.717, 1.165) is 42.9 Å². The van der Waals surface area contributed by atoms with E-state index in [4.69, 9.17) is 10.5 Å². The van der Waals surface area contributed by atoms with E-state index in [0.29, 0.717) is 19.0 Å². The smallest absolute Gasteiger partial charge is 0.410 e. The van der Waals surface area contributed by atoms with E-state index < -0.39 is 5.60 Å². The summed E-state index contributed by atoms with van der Waals surface area (Å²) in [4.78, 5) is 24.3. The van der Waals surface area contributed by atoms with Crippen LogP contribution in [0, 0.1) is 6.92 Å². The molecular formula is C15H23N5O2. The number of nitrogens with two attached hydrogens (primary N) is 1. The molecule has 0 unspecified atom stereocenters. The van der Waals surface area contributed by atoms with Crippen molar-refractivity contribution in [2.24, 2.45) is 0 Å². The van der Waals surface area contributed by atoms with E-state index in [9.17, 15) is 4.79 Å². The van der Waals surface area contributed by atoms with Gasteiger partial charge in [-0.25, -0.2) is 9.78 Å². The number of anilines is 2. The van der Waals surface area contributed by atoms with Crippen molar-refractivity contribution >= 4 is 17.9 Å². The first-order valence-corrected chi connectivity index (χ1v) is 7.76. The molecular weight excluding hydrogens is 282 g/mol. The number of likely N-dealkylation sites (N-methyl/N-ethyl adjacent to an activating group) is 1. The highest BCUT2D eigenvalue weighted by molar-refractivity contribution is 5.70. The van der Waals surface area contributed by atoms with Gasteiger partial charge in [-0.1, -0.05) is 6.92 Å². The predicted molar refractivity (Wildman–Crippen MR) is 83.8 cm³/mol. The fraction of sp³-hybridized carbons (Fsp3) is 0.667. The first kappa shape index (κ1) is 14.9. The lowest BCUT2D eigenvalue weighted by Crippen LogP contribution is -2.51. The second kappa shape index (κ2) is 5.30. The van der Waals surface area contributed by atoms with Gasteiger partial charge >= 0.3 is 6.09 Å². The molecule has 7 heteroatoms. The second-order valence-corrected chi connectivity index (χ2v) is 6.26. The number of amides is 1. The summed E-state index contributed by atoms with van der Waals surface area (Å²) in [6, 6.07) is 0. The summed E-state index contributed by atoms with van der Waals surface area (Å²) in [5.74, 6) is 1.17. The van der Waals surface area contributed by atoms with Crippen LogP contribution in [0.15, 0.2) is 0 Å². The number of carbonyl (C=O) groups is 1. The van der Waals surface area contributed by atoms with E-state index in [1.54, 1.807) is 11.9 Å². The summed E-state index contributed by atoms with van der Waals surface area (Å²) in [7, 11) is 1.78. The lowest BCUT2D eigenvalue weighted by Gasteiger charge is -2.39. The number of piperidine rings is 1. The number of rotatable bonds is 2. The van der Waals surface area contributed by atoms with Crippen molar-refractivity contribution in [3.63, 3.8) is 0 Å². The van der Waals surface area contributed by atoms with E-state index in [1.807, 2.05) is 6.92 Å². The molecule has 3 rings (SSSR count). The van der Waals surface area contributed by atoms with Crippen LogP contribution in [-0.2, 0) is 11.2 Å². The second-order valence-electron chi connectivity index (χ2n) is 6.26. The third-order valence-corrected chi connectivity index (χ3v) is 4.55.